The van der Waals surface area contributed by atoms with E-state index in [1.54, 1.807) is 18.0 Å². The molecule has 0 radical (unpaired) electrons. The van der Waals surface area contributed by atoms with E-state index < -0.39 is 0 Å². The van der Waals surface area contributed by atoms with Crippen molar-refractivity contribution in [3.05, 3.63) is 78.1 Å². The first-order valence-electron chi connectivity index (χ1n) is 8.73. The Morgan fingerprint density at radius 3 is 2.52 bits per heavy atom. The fourth-order valence-electron chi connectivity index (χ4n) is 2.66. The van der Waals surface area contributed by atoms with Crippen LogP contribution < -0.4 is 5.32 Å². The summed E-state index contributed by atoms with van der Waals surface area (Å²) >= 11 is 4.45. The summed E-state index contributed by atoms with van der Waals surface area (Å²) in [5.41, 5.74) is 2.56. The smallest absolute Gasteiger partial charge is 0.276 e. The van der Waals surface area contributed by atoms with Gasteiger partial charge in [-0.1, -0.05) is 83.4 Å². The molecule has 0 aliphatic carbocycles. The van der Waals surface area contributed by atoms with Crippen molar-refractivity contribution in [2.24, 2.45) is 0 Å². The SMILES string of the molecule is CSc1ncc(C(=O)Nc2nnc(SCc3ccccc3)s2)n1-c1ccccc1. The van der Waals surface area contributed by atoms with E-state index in [4.69, 9.17) is 0 Å². The first-order valence-corrected chi connectivity index (χ1v) is 11.8. The number of para-hydroxylation sites is 1. The molecular formula is C20H17N5OS3. The maximum atomic E-state index is 12.9. The number of aromatic nitrogens is 4. The standard InChI is InChI=1S/C20H17N5OS3/c1-27-19-21-12-16(25(19)15-10-6-3-7-11-15)17(26)22-18-23-24-20(29-18)28-13-14-8-4-2-5-9-14/h2-12H,13H2,1H3,(H,22,23,26). The number of nitrogens with one attached hydrogen (secondary N) is 1. The minimum Gasteiger partial charge on any atom is -0.295 e. The lowest BCUT2D eigenvalue weighted by molar-refractivity contribution is 0.102. The van der Waals surface area contributed by atoms with Crippen LogP contribution >= 0.6 is 34.9 Å². The highest BCUT2D eigenvalue weighted by Crippen LogP contribution is 2.29. The summed E-state index contributed by atoms with van der Waals surface area (Å²) in [5.74, 6) is 0.541. The van der Waals surface area contributed by atoms with Gasteiger partial charge in [-0.25, -0.2) is 4.98 Å². The van der Waals surface area contributed by atoms with Crippen LogP contribution in [-0.4, -0.2) is 31.9 Å². The predicted octanol–water partition coefficient (Wildman–Crippen LogP) is 4.99. The molecule has 0 unspecified atom stereocenters. The molecule has 0 saturated carbocycles. The Labute approximate surface area is 180 Å². The van der Waals surface area contributed by atoms with Gasteiger partial charge in [0, 0.05) is 11.4 Å². The summed E-state index contributed by atoms with van der Waals surface area (Å²) in [7, 11) is 0. The molecule has 1 amide bonds. The molecule has 2 aromatic carbocycles. The van der Waals surface area contributed by atoms with Crippen LogP contribution in [0.2, 0.25) is 0 Å². The number of nitrogens with zero attached hydrogens (tertiary/aromatic N) is 4. The number of rotatable bonds is 7. The average molecular weight is 440 g/mol. The van der Waals surface area contributed by atoms with E-state index in [1.807, 2.05) is 59.4 Å². The summed E-state index contributed by atoms with van der Waals surface area (Å²) < 4.78 is 2.65. The van der Waals surface area contributed by atoms with Gasteiger partial charge in [0.05, 0.1) is 6.20 Å². The molecule has 2 aromatic heterocycles. The molecule has 9 heteroatoms. The van der Waals surface area contributed by atoms with Gasteiger partial charge in [-0.05, 0) is 24.0 Å². The number of amides is 1. The van der Waals surface area contributed by atoms with E-state index >= 15 is 0 Å². The number of carbonyl (C=O) groups is 1. The molecular weight excluding hydrogens is 422 g/mol. The van der Waals surface area contributed by atoms with Crippen molar-refractivity contribution in [2.75, 3.05) is 11.6 Å². The number of hydrogen-bond acceptors (Lipinski definition) is 7. The lowest BCUT2D eigenvalue weighted by atomic mass is 10.2. The Morgan fingerprint density at radius 1 is 1.07 bits per heavy atom. The van der Waals surface area contributed by atoms with Crippen LogP contribution in [0.4, 0.5) is 5.13 Å². The Kier molecular flexibility index (Phi) is 6.28. The van der Waals surface area contributed by atoms with Crippen molar-refractivity contribution in [3.63, 3.8) is 0 Å². The summed E-state index contributed by atoms with van der Waals surface area (Å²) in [4.78, 5) is 17.2. The second-order valence-electron chi connectivity index (χ2n) is 5.90. The lowest BCUT2D eigenvalue weighted by Gasteiger charge is -2.10. The third kappa shape index (κ3) is 4.69. The van der Waals surface area contributed by atoms with E-state index in [0.717, 1.165) is 20.9 Å². The fraction of sp³-hybridized carbons (Fsp3) is 0.100. The van der Waals surface area contributed by atoms with Crippen LogP contribution in [0.1, 0.15) is 16.1 Å². The summed E-state index contributed by atoms with van der Waals surface area (Å²) in [6, 6.07) is 19.9. The summed E-state index contributed by atoms with van der Waals surface area (Å²) in [6.45, 7) is 0. The molecule has 2 heterocycles. The Hall–Kier alpha value is -2.62. The monoisotopic (exact) mass is 439 g/mol. The third-order valence-corrected chi connectivity index (χ3v) is 6.69. The minimum absolute atomic E-state index is 0.266. The van der Waals surface area contributed by atoms with Crippen LogP contribution in [0.5, 0.6) is 0 Å². The van der Waals surface area contributed by atoms with Gasteiger partial charge in [0.1, 0.15) is 5.69 Å². The largest absolute Gasteiger partial charge is 0.295 e. The van der Waals surface area contributed by atoms with Gasteiger partial charge < -0.3 is 0 Å². The Balaban J connectivity index is 1.48. The van der Waals surface area contributed by atoms with Crippen LogP contribution in [0.15, 0.2) is 76.4 Å². The summed E-state index contributed by atoms with van der Waals surface area (Å²) in [5, 5.41) is 12.3. The number of anilines is 1. The van der Waals surface area contributed by atoms with Gasteiger partial charge in [0.2, 0.25) is 5.13 Å². The molecule has 0 bridgehead atoms. The third-order valence-electron chi connectivity index (χ3n) is 3.99. The number of hydrogen-bond donors (Lipinski definition) is 1. The molecule has 0 fully saturated rings. The van der Waals surface area contributed by atoms with Gasteiger partial charge in [0.25, 0.3) is 5.91 Å². The molecule has 4 aromatic rings. The first kappa shape index (κ1) is 19.7. The molecule has 0 saturated heterocycles. The Morgan fingerprint density at radius 2 is 1.79 bits per heavy atom. The predicted molar refractivity (Wildman–Crippen MR) is 119 cm³/mol. The van der Waals surface area contributed by atoms with E-state index in [0.29, 0.717) is 10.8 Å². The first-order chi connectivity index (χ1) is 14.2. The van der Waals surface area contributed by atoms with E-state index in [9.17, 15) is 4.79 Å². The fourth-order valence-corrected chi connectivity index (χ4v) is 4.91. The highest BCUT2D eigenvalue weighted by molar-refractivity contribution is 8.00. The highest BCUT2D eigenvalue weighted by Gasteiger charge is 2.19. The Bertz CT molecular complexity index is 1100. The molecule has 0 spiro atoms. The quantitative estimate of drug-likeness (QED) is 0.323. The molecule has 4 rings (SSSR count). The van der Waals surface area contributed by atoms with Crippen molar-refractivity contribution >= 4 is 45.9 Å². The number of benzene rings is 2. The lowest BCUT2D eigenvalue weighted by Crippen LogP contribution is -2.16. The molecule has 0 atom stereocenters. The number of imidazole rings is 1. The van der Waals surface area contributed by atoms with Crippen LogP contribution in [0.25, 0.3) is 5.69 Å². The molecule has 0 aliphatic rings. The zero-order valence-electron chi connectivity index (χ0n) is 15.5. The van der Waals surface area contributed by atoms with E-state index in [-0.39, 0.29) is 5.91 Å². The van der Waals surface area contributed by atoms with E-state index in [2.05, 4.69) is 32.6 Å². The number of carbonyl (C=O) groups excluding carboxylic acids is 1. The average Bonchev–Trinajstić information content (AvgIpc) is 3.40. The van der Waals surface area contributed by atoms with Crippen molar-refractivity contribution in [2.45, 2.75) is 15.2 Å². The minimum atomic E-state index is -0.266. The van der Waals surface area contributed by atoms with Crippen LogP contribution in [0.3, 0.4) is 0 Å². The maximum absolute atomic E-state index is 12.9. The maximum Gasteiger partial charge on any atom is 0.276 e. The van der Waals surface area contributed by atoms with Crippen molar-refractivity contribution in [3.8, 4) is 5.69 Å². The second kappa shape index (κ2) is 9.25. The van der Waals surface area contributed by atoms with Crippen LogP contribution in [0, 0.1) is 0 Å². The molecule has 0 aliphatic heterocycles. The molecule has 146 valence electrons. The molecule has 1 N–H and O–H groups in total. The summed E-state index contributed by atoms with van der Waals surface area (Å²) in [6.07, 6.45) is 3.52. The second-order valence-corrected chi connectivity index (χ2v) is 8.88. The molecule has 29 heavy (non-hydrogen) atoms. The van der Waals surface area contributed by atoms with Crippen LogP contribution in [-0.2, 0) is 5.75 Å². The van der Waals surface area contributed by atoms with Gasteiger partial charge in [-0.3, -0.25) is 14.7 Å². The van der Waals surface area contributed by atoms with Crippen molar-refractivity contribution in [1.82, 2.24) is 19.7 Å². The zero-order valence-corrected chi connectivity index (χ0v) is 17.9. The van der Waals surface area contributed by atoms with Gasteiger partial charge in [0.15, 0.2) is 9.50 Å². The van der Waals surface area contributed by atoms with Crippen molar-refractivity contribution < 1.29 is 4.79 Å². The highest BCUT2D eigenvalue weighted by atomic mass is 32.2. The normalized spacial score (nSPS) is 10.8. The zero-order chi connectivity index (χ0) is 20.1. The topological polar surface area (TPSA) is 72.7 Å². The van der Waals surface area contributed by atoms with E-state index in [1.165, 1.54) is 28.7 Å². The molecule has 6 nitrogen and oxygen atoms in total. The van der Waals surface area contributed by atoms with Gasteiger partial charge >= 0.3 is 0 Å². The van der Waals surface area contributed by atoms with Crippen molar-refractivity contribution in [1.29, 1.82) is 0 Å². The van der Waals surface area contributed by atoms with Gasteiger partial charge in [-0.15, -0.1) is 10.2 Å². The number of thioether (sulfide) groups is 2. The van der Waals surface area contributed by atoms with Gasteiger partial charge in [-0.2, -0.15) is 0 Å².